The highest BCUT2D eigenvalue weighted by Gasteiger charge is 2.23. The van der Waals surface area contributed by atoms with Crippen molar-refractivity contribution in [3.05, 3.63) is 0 Å². The molecule has 836 valence electrons. The van der Waals surface area contributed by atoms with Gasteiger partial charge in [-0.15, -0.1) is 11.6 Å². The number of alkyl halides is 5. The number of unbranched alkanes of at least 4 members (excludes halogenated alkanes) is 4. The van der Waals surface area contributed by atoms with Gasteiger partial charge in [0.05, 0.1) is 20.0 Å². The van der Waals surface area contributed by atoms with Crippen molar-refractivity contribution in [1.82, 2.24) is 20.4 Å². The molecule has 0 aromatic carbocycles. The number of ether oxygens (including phenoxy) is 3. The fourth-order valence-electron chi connectivity index (χ4n) is 8.05. The van der Waals surface area contributed by atoms with E-state index in [4.69, 9.17) is 25.8 Å². The highest BCUT2D eigenvalue weighted by atomic mass is 35.5. The molecule has 2 N–H and O–H groups in total. The number of methoxy groups -OCH3 is 2. The second-order valence-electron chi connectivity index (χ2n) is 33.2. The van der Waals surface area contributed by atoms with Crippen molar-refractivity contribution in [2.75, 3.05) is 115 Å². The Kier molecular flexibility index (Phi) is 383. The number of halogens is 5. The summed E-state index contributed by atoms with van der Waals surface area (Å²) in [5, 5.41) is 6.54. The lowest BCUT2D eigenvalue weighted by Gasteiger charge is -2.25. The van der Waals surface area contributed by atoms with Crippen LogP contribution < -0.4 is 10.6 Å². The Morgan fingerprint density at radius 2 is 0.781 bits per heavy atom. The highest BCUT2D eigenvalue weighted by Crippen LogP contribution is 2.28. The molecule has 12 heteroatoms. The van der Waals surface area contributed by atoms with Crippen LogP contribution in [0.2, 0.25) is 0 Å². The maximum absolute atomic E-state index is 12.2. The SMILES string of the molecule is C.C.C.C.C.C.C.C.C.C.C.C.C.C.C.C.C.CCC(C)(C)CC.CCC(C)C(C)(C)C.CCC(C)C(C)CC.CCC(C)CC(C)C.CCC(Cl)CC.CCCC(C)C.CCCC(C)C.CCCC(C)OC.CCCC(F)(F)CC.CCCCCCC.CCCN(C)C.CCCNC.CCCOC.CCN(C)CC.CCNCC.CCOCC.CF.FCC1CCC1. The first-order valence-corrected chi connectivity index (χ1v) is 47.5. The van der Waals surface area contributed by atoms with E-state index in [1.165, 1.54) is 148 Å². The van der Waals surface area contributed by atoms with E-state index >= 15 is 0 Å². The van der Waals surface area contributed by atoms with Gasteiger partial charge in [0.25, 0.3) is 0 Å². The van der Waals surface area contributed by atoms with Crippen molar-refractivity contribution in [2.45, 2.75) is 607 Å². The van der Waals surface area contributed by atoms with Gasteiger partial charge in [0.2, 0.25) is 5.92 Å². The van der Waals surface area contributed by atoms with Gasteiger partial charge in [-0.1, -0.05) is 498 Å². The predicted molar refractivity (Wildman–Crippen MR) is 632 cm³/mol. The second-order valence-corrected chi connectivity index (χ2v) is 33.8. The molecule has 0 aromatic rings. The average Bonchev–Trinajstić information content (AvgIpc) is 0.936. The van der Waals surface area contributed by atoms with E-state index in [2.05, 4.69) is 291 Å². The number of hydrogen-bond donors (Lipinski definition) is 2. The van der Waals surface area contributed by atoms with E-state index in [9.17, 15) is 17.6 Å². The minimum atomic E-state index is -2.41. The lowest BCUT2D eigenvalue weighted by atomic mass is 9.81. The van der Waals surface area contributed by atoms with E-state index in [1.807, 2.05) is 20.9 Å². The first kappa shape index (κ1) is 234. The summed E-state index contributed by atoms with van der Waals surface area (Å²) in [5.41, 5.74) is 1.09. The lowest BCUT2D eigenvalue weighted by Crippen LogP contribution is -2.15. The molecule has 7 nitrogen and oxygen atoms in total. The van der Waals surface area contributed by atoms with Gasteiger partial charge in [-0.25, -0.2) is 8.78 Å². The Balaban J connectivity index is -0.0000000227. The van der Waals surface area contributed by atoms with Crippen molar-refractivity contribution in [1.29, 1.82) is 0 Å². The summed E-state index contributed by atoms with van der Waals surface area (Å²) in [6, 6.07) is 0. The Morgan fingerprint density at radius 3 is 0.828 bits per heavy atom. The third-order valence-electron chi connectivity index (χ3n) is 18.9. The van der Waals surface area contributed by atoms with Gasteiger partial charge in [0, 0.05) is 52.3 Å². The molecule has 5 atom stereocenters. The topological polar surface area (TPSA) is 58.2 Å². The minimum absolute atomic E-state index is 0. The van der Waals surface area contributed by atoms with E-state index in [-0.39, 0.29) is 146 Å². The molecule has 1 fully saturated rings. The normalized spacial score (nSPS) is 10.5. The quantitative estimate of drug-likeness (QED) is 0.0363. The Morgan fingerprint density at radius 1 is 0.430 bits per heavy atom. The van der Waals surface area contributed by atoms with Crippen molar-refractivity contribution in [2.24, 2.45) is 58.2 Å². The summed E-state index contributed by atoms with van der Waals surface area (Å²) >= 11 is 5.65. The number of nitrogens with one attached hydrogen (secondary N) is 2. The molecule has 0 aromatic heterocycles. The highest BCUT2D eigenvalue weighted by molar-refractivity contribution is 6.20. The molecule has 0 amide bonds. The summed E-state index contributed by atoms with van der Waals surface area (Å²) < 4.78 is 59.8. The van der Waals surface area contributed by atoms with Crippen LogP contribution in [0.4, 0.5) is 17.6 Å². The minimum Gasteiger partial charge on any atom is -0.385 e. The molecule has 1 saturated carbocycles. The first-order chi connectivity index (χ1) is 51.8. The largest absolute Gasteiger partial charge is 0.385 e. The molecular formula is C116H299ClF4N4O3. The summed E-state index contributed by atoms with van der Waals surface area (Å²) in [6.07, 6.45) is 34.4. The van der Waals surface area contributed by atoms with E-state index in [0.29, 0.717) is 41.8 Å². The monoisotopic (exact) mass is 1910 g/mol. The van der Waals surface area contributed by atoms with Crippen LogP contribution in [0.5, 0.6) is 0 Å². The molecule has 0 bridgehead atoms. The van der Waals surface area contributed by atoms with Crippen LogP contribution in [0.15, 0.2) is 0 Å². The molecular weight excluding hydrogens is 1610 g/mol. The molecule has 0 saturated heterocycles. The molecule has 0 aliphatic heterocycles. The van der Waals surface area contributed by atoms with Crippen LogP contribution in [-0.2, 0) is 14.2 Å². The summed E-state index contributed by atoms with van der Waals surface area (Å²) in [5.74, 6) is 4.33. The lowest BCUT2D eigenvalue weighted by molar-refractivity contribution is -0.0119. The molecule has 5 unspecified atom stereocenters. The van der Waals surface area contributed by atoms with Crippen molar-refractivity contribution in [3.8, 4) is 0 Å². The van der Waals surface area contributed by atoms with Gasteiger partial charge in [0.1, 0.15) is 0 Å². The summed E-state index contributed by atoms with van der Waals surface area (Å²) in [7, 11) is 12.2. The molecule has 0 spiro atoms. The maximum Gasteiger partial charge on any atom is 0.247 e. The van der Waals surface area contributed by atoms with Gasteiger partial charge < -0.3 is 34.6 Å². The molecule has 1 rings (SSSR count). The van der Waals surface area contributed by atoms with Crippen molar-refractivity contribution < 1.29 is 31.8 Å². The molecule has 0 heterocycles. The number of rotatable bonds is 38. The Labute approximate surface area is 839 Å². The molecule has 128 heavy (non-hydrogen) atoms. The Hall–Kier alpha value is -0.270. The average molecular weight is 1910 g/mol. The fraction of sp³-hybridized carbons (Fsp3) is 1.00. The third-order valence-corrected chi connectivity index (χ3v) is 19.5. The van der Waals surface area contributed by atoms with Crippen molar-refractivity contribution in [3.63, 3.8) is 0 Å². The first-order valence-electron chi connectivity index (χ1n) is 47.1. The smallest absolute Gasteiger partial charge is 0.247 e. The molecule has 1 aliphatic rings. The predicted octanol–water partition coefficient (Wildman–Crippen LogP) is 45.4. The standard InChI is InChI=1S/3C8H18.2C7H16.C6H12F2.C6H14O.2C6H14.C5H11Cl.C5H9F.2C5H13N.2C4H11N.2C4H10O.CH3F.17CH4/c1-6-7(2)8(3,4)5;1-5-8(4)6-7(2)3;1-5-7(3)8(4)6-2;1-5-7(3,4)6-2;1-3-5-7-6-4-2;1-3-5-6(7,8)4-2;1-4-5-6(2)7-3;2*1-4-5-6(2)3;1-3-5(6)4-2;6-4-5-2-1-3-5;1-4-5-6(2)3;1-4-6(3)5-2;1-3-4-5-2;1-3-5-4-2;1-3-4-5-2;1-3-5-4-2;1-2;;;;;;;;;;;;;;;;;/h7H,6H2,1-5H3;2*7-8H,5-6H2,1-4H3;5-6H2,1-4H3;3-7H2,1-2H3;3-5H2,1-2H3;6H,4-5H2,1-3H3;2*6H,4-5H2,1-3H3;5H,3-4H2,1-2H3;5H,1-4H2;2*4-5H2,1-3H3;2*5H,3-4H2,1-2H3;2*3-4H2,1-2H3;1H3;17*1H4. The van der Waals surface area contributed by atoms with E-state index in [0.717, 1.165) is 126 Å². The van der Waals surface area contributed by atoms with Gasteiger partial charge in [-0.2, -0.15) is 0 Å². The zero-order chi connectivity index (χ0) is 91.5. The van der Waals surface area contributed by atoms with Gasteiger partial charge in [0.15, 0.2) is 0 Å². The zero-order valence-electron chi connectivity index (χ0n) is 86.9. The Bertz CT molecular complexity index is 1240. The van der Waals surface area contributed by atoms with Crippen LogP contribution in [0, 0.1) is 58.2 Å². The maximum atomic E-state index is 12.2. The fourth-order valence-corrected chi connectivity index (χ4v) is 8.05. The van der Waals surface area contributed by atoms with Crippen LogP contribution in [0.1, 0.15) is 589 Å². The number of hydrogen-bond acceptors (Lipinski definition) is 7. The summed E-state index contributed by atoms with van der Waals surface area (Å²) in [4.78, 5) is 4.43. The van der Waals surface area contributed by atoms with Gasteiger partial charge in [-0.05, 0) is 204 Å². The van der Waals surface area contributed by atoms with Gasteiger partial charge >= 0.3 is 0 Å². The number of nitrogens with zero attached hydrogens (tertiary/aromatic N) is 2. The van der Waals surface area contributed by atoms with E-state index < -0.39 is 5.92 Å². The van der Waals surface area contributed by atoms with Crippen LogP contribution in [0.25, 0.3) is 0 Å². The van der Waals surface area contributed by atoms with E-state index in [1.54, 1.807) is 21.1 Å². The van der Waals surface area contributed by atoms with Crippen molar-refractivity contribution >= 4 is 11.6 Å². The third kappa shape index (κ3) is 332. The van der Waals surface area contributed by atoms with Crippen LogP contribution in [0.3, 0.4) is 0 Å². The molecule has 1 aliphatic carbocycles. The second kappa shape index (κ2) is 210. The summed E-state index contributed by atoms with van der Waals surface area (Å²) in [6.45, 7) is 96.8. The van der Waals surface area contributed by atoms with Crippen LogP contribution in [-0.4, -0.2) is 143 Å². The zero-order valence-corrected chi connectivity index (χ0v) is 87.6. The molecule has 0 radical (unpaired) electrons. The van der Waals surface area contributed by atoms with Gasteiger partial charge in [-0.3, -0.25) is 8.78 Å². The van der Waals surface area contributed by atoms with Crippen LogP contribution >= 0.6 is 11.6 Å².